The highest BCUT2D eigenvalue weighted by atomic mass is 32.2. The predicted molar refractivity (Wildman–Crippen MR) is 42.1 cm³/mol. The van der Waals surface area contributed by atoms with Gasteiger partial charge < -0.3 is 0 Å². The SMILES string of the molecule is CSn1ccsc1=S. The first-order valence-electron chi connectivity index (χ1n) is 2.05. The molecule has 0 radical (unpaired) electrons. The Morgan fingerprint density at radius 1 is 1.88 bits per heavy atom. The normalized spacial score (nSPS) is 9.62. The van der Waals surface area contributed by atoms with Gasteiger partial charge in [0.2, 0.25) is 0 Å². The Balaban J connectivity index is 3.11. The first-order chi connectivity index (χ1) is 3.84. The van der Waals surface area contributed by atoms with Gasteiger partial charge in [-0.1, -0.05) is 0 Å². The van der Waals surface area contributed by atoms with Gasteiger partial charge in [0.25, 0.3) is 0 Å². The molecule has 0 aromatic carbocycles. The monoisotopic (exact) mass is 163 g/mol. The molecule has 0 amide bonds. The molecule has 4 heteroatoms. The standard InChI is InChI=1S/C4H5NS3/c1-7-5-2-3-8-4(5)6/h2-3H,1H3. The molecular formula is C4H5NS3. The van der Waals surface area contributed by atoms with Gasteiger partial charge in [0.05, 0.1) is 0 Å². The summed E-state index contributed by atoms with van der Waals surface area (Å²) >= 11 is 8.16. The highest BCUT2D eigenvalue weighted by Gasteiger charge is 1.85. The molecule has 1 nitrogen and oxygen atoms in total. The van der Waals surface area contributed by atoms with Crippen LogP contribution in [0.25, 0.3) is 0 Å². The van der Waals surface area contributed by atoms with Crippen molar-refractivity contribution >= 4 is 35.5 Å². The Morgan fingerprint density at radius 3 is 2.88 bits per heavy atom. The molecule has 0 N–H and O–H groups in total. The van der Waals surface area contributed by atoms with Gasteiger partial charge in [0.15, 0.2) is 3.95 Å². The van der Waals surface area contributed by atoms with E-state index >= 15 is 0 Å². The maximum atomic E-state index is 4.95. The molecule has 1 heterocycles. The second-order valence-corrected chi connectivity index (χ2v) is 3.48. The van der Waals surface area contributed by atoms with Crippen LogP contribution in [-0.4, -0.2) is 10.2 Å². The lowest BCUT2D eigenvalue weighted by molar-refractivity contribution is 1.28. The molecule has 0 unspecified atom stereocenters. The molecule has 0 aliphatic heterocycles. The third-order valence-electron chi connectivity index (χ3n) is 0.742. The Morgan fingerprint density at radius 2 is 2.62 bits per heavy atom. The highest BCUT2D eigenvalue weighted by Crippen LogP contribution is 2.08. The number of nitrogens with zero attached hydrogens (tertiary/aromatic N) is 1. The predicted octanol–water partition coefficient (Wildman–Crippen LogP) is 2.41. The van der Waals surface area contributed by atoms with Gasteiger partial charge in [0.1, 0.15) is 0 Å². The van der Waals surface area contributed by atoms with Gasteiger partial charge in [-0.15, -0.1) is 11.3 Å². The maximum Gasteiger partial charge on any atom is 0.171 e. The van der Waals surface area contributed by atoms with Crippen molar-refractivity contribution in [1.29, 1.82) is 0 Å². The van der Waals surface area contributed by atoms with Crippen LogP contribution in [0.1, 0.15) is 0 Å². The van der Waals surface area contributed by atoms with Crippen LogP contribution in [0.3, 0.4) is 0 Å². The first kappa shape index (κ1) is 6.32. The average molecular weight is 163 g/mol. The molecule has 0 bridgehead atoms. The van der Waals surface area contributed by atoms with Crippen LogP contribution < -0.4 is 0 Å². The molecule has 44 valence electrons. The summed E-state index contributed by atoms with van der Waals surface area (Å²) in [5.41, 5.74) is 0. The second-order valence-electron chi connectivity index (χ2n) is 1.18. The van der Waals surface area contributed by atoms with Crippen LogP contribution in [0.4, 0.5) is 0 Å². The van der Waals surface area contributed by atoms with E-state index in [1.54, 1.807) is 23.3 Å². The highest BCUT2D eigenvalue weighted by molar-refractivity contribution is 7.97. The quantitative estimate of drug-likeness (QED) is 0.586. The molecule has 8 heavy (non-hydrogen) atoms. The summed E-state index contributed by atoms with van der Waals surface area (Å²) in [6.45, 7) is 0. The largest absolute Gasteiger partial charge is 0.273 e. The summed E-state index contributed by atoms with van der Waals surface area (Å²) in [6.07, 6.45) is 3.97. The number of aromatic nitrogens is 1. The number of hydrogen-bond donors (Lipinski definition) is 0. The lowest BCUT2D eigenvalue weighted by atomic mass is 11.0. The van der Waals surface area contributed by atoms with Crippen LogP contribution in [-0.2, 0) is 0 Å². The van der Waals surface area contributed by atoms with Gasteiger partial charge in [-0.05, 0) is 24.2 Å². The lowest BCUT2D eigenvalue weighted by Crippen LogP contribution is -1.76. The third-order valence-corrected chi connectivity index (χ3v) is 2.81. The van der Waals surface area contributed by atoms with E-state index in [0.717, 1.165) is 3.95 Å². The van der Waals surface area contributed by atoms with Gasteiger partial charge in [-0.2, -0.15) is 0 Å². The van der Waals surface area contributed by atoms with E-state index in [0.29, 0.717) is 0 Å². The molecule has 0 aliphatic carbocycles. The molecule has 1 aromatic heterocycles. The summed E-state index contributed by atoms with van der Waals surface area (Å²) in [6, 6.07) is 0. The van der Waals surface area contributed by atoms with Crippen LogP contribution in [0.2, 0.25) is 0 Å². The molecule has 0 spiro atoms. The fourth-order valence-corrected chi connectivity index (χ4v) is 2.07. The number of thiazole rings is 1. The fraction of sp³-hybridized carbons (Fsp3) is 0.250. The van der Waals surface area contributed by atoms with E-state index in [2.05, 4.69) is 0 Å². The zero-order valence-electron chi connectivity index (χ0n) is 4.33. The molecular weight excluding hydrogens is 158 g/mol. The molecule has 0 atom stereocenters. The van der Waals surface area contributed by atoms with Crippen molar-refractivity contribution in [2.75, 3.05) is 6.26 Å². The number of rotatable bonds is 1. The molecule has 0 aliphatic rings. The van der Waals surface area contributed by atoms with E-state index < -0.39 is 0 Å². The maximum absolute atomic E-state index is 4.95. The zero-order valence-corrected chi connectivity index (χ0v) is 6.78. The summed E-state index contributed by atoms with van der Waals surface area (Å²) in [7, 11) is 0. The van der Waals surface area contributed by atoms with Gasteiger partial charge >= 0.3 is 0 Å². The Kier molecular flexibility index (Phi) is 2.10. The minimum Gasteiger partial charge on any atom is -0.273 e. The topological polar surface area (TPSA) is 4.93 Å². The van der Waals surface area contributed by atoms with Crippen molar-refractivity contribution in [1.82, 2.24) is 3.97 Å². The van der Waals surface area contributed by atoms with E-state index in [-0.39, 0.29) is 0 Å². The van der Waals surface area contributed by atoms with E-state index in [4.69, 9.17) is 12.2 Å². The summed E-state index contributed by atoms with van der Waals surface area (Å²) < 4.78 is 2.89. The second kappa shape index (κ2) is 2.66. The van der Waals surface area contributed by atoms with Crippen molar-refractivity contribution in [3.63, 3.8) is 0 Å². The molecule has 0 saturated heterocycles. The van der Waals surface area contributed by atoms with Crippen molar-refractivity contribution < 1.29 is 0 Å². The van der Waals surface area contributed by atoms with Gasteiger partial charge in [-0.25, -0.2) is 0 Å². The minimum absolute atomic E-state index is 0.928. The summed E-state index contributed by atoms with van der Waals surface area (Å²) in [4.78, 5) is 0. The summed E-state index contributed by atoms with van der Waals surface area (Å²) in [5.74, 6) is 0. The van der Waals surface area contributed by atoms with Crippen molar-refractivity contribution in [2.45, 2.75) is 0 Å². The van der Waals surface area contributed by atoms with Crippen LogP contribution >= 0.6 is 35.5 Å². The van der Waals surface area contributed by atoms with Crippen molar-refractivity contribution in [3.8, 4) is 0 Å². The molecule has 0 fully saturated rings. The smallest absolute Gasteiger partial charge is 0.171 e. The number of hydrogen-bond acceptors (Lipinski definition) is 3. The lowest BCUT2D eigenvalue weighted by Gasteiger charge is -1.88. The van der Waals surface area contributed by atoms with Crippen LogP contribution in [0.15, 0.2) is 11.6 Å². The van der Waals surface area contributed by atoms with E-state index in [1.807, 2.05) is 21.8 Å². The van der Waals surface area contributed by atoms with Gasteiger partial charge in [-0.3, -0.25) is 3.97 Å². The zero-order chi connectivity index (χ0) is 5.98. The molecule has 1 rings (SSSR count). The third kappa shape index (κ3) is 1.13. The average Bonchev–Trinajstić information content (AvgIpc) is 2.14. The minimum atomic E-state index is 0.928. The van der Waals surface area contributed by atoms with Crippen LogP contribution in [0, 0.1) is 3.95 Å². The fourth-order valence-electron chi connectivity index (χ4n) is 0.392. The first-order valence-corrected chi connectivity index (χ1v) is 4.52. The Hall–Kier alpha value is 0.200. The van der Waals surface area contributed by atoms with Crippen molar-refractivity contribution in [3.05, 3.63) is 15.5 Å². The van der Waals surface area contributed by atoms with Crippen LogP contribution in [0.5, 0.6) is 0 Å². The van der Waals surface area contributed by atoms with E-state index in [1.165, 1.54) is 0 Å². The van der Waals surface area contributed by atoms with Gasteiger partial charge in [0, 0.05) is 17.8 Å². The summed E-state index contributed by atoms with van der Waals surface area (Å²) in [5, 5.41) is 1.98. The molecule has 0 saturated carbocycles. The molecule has 1 aromatic rings. The Labute approximate surface area is 61.5 Å². The van der Waals surface area contributed by atoms with E-state index in [9.17, 15) is 0 Å². The van der Waals surface area contributed by atoms with Crippen molar-refractivity contribution in [2.24, 2.45) is 0 Å². The Bertz CT molecular complexity index is 211.